The van der Waals surface area contributed by atoms with E-state index in [1.165, 1.54) is 148 Å². The van der Waals surface area contributed by atoms with E-state index in [1.54, 1.807) is 0 Å². The number of hydrogen-bond donors (Lipinski definition) is 0. The predicted octanol–water partition coefficient (Wildman–Crippen LogP) is 19.4. The van der Waals surface area contributed by atoms with Gasteiger partial charge in [-0.15, -0.1) is 0 Å². The highest BCUT2D eigenvalue weighted by Crippen LogP contribution is 2.15. The van der Waals surface area contributed by atoms with E-state index in [2.05, 4.69) is 93.7 Å². The van der Waals surface area contributed by atoms with Gasteiger partial charge in [-0.2, -0.15) is 0 Å². The maximum atomic E-state index is 12.9. The zero-order valence-electron chi connectivity index (χ0n) is 44.9. The number of ether oxygens (including phenoxy) is 3. The fourth-order valence-corrected chi connectivity index (χ4v) is 8.07. The Morgan fingerprint density at radius 3 is 0.926 bits per heavy atom. The maximum Gasteiger partial charge on any atom is 0.306 e. The third kappa shape index (κ3) is 53.8. The topological polar surface area (TPSA) is 78.9 Å². The second kappa shape index (κ2) is 56.4. The van der Waals surface area contributed by atoms with Gasteiger partial charge in [-0.1, -0.05) is 229 Å². The molecule has 0 rings (SSSR count). The van der Waals surface area contributed by atoms with Gasteiger partial charge in [0.15, 0.2) is 6.10 Å². The summed E-state index contributed by atoms with van der Waals surface area (Å²) in [5.74, 6) is -0.904. The zero-order valence-corrected chi connectivity index (χ0v) is 44.9. The zero-order chi connectivity index (χ0) is 49.3. The average molecular weight is 950 g/mol. The molecule has 0 aliphatic heterocycles. The third-order valence-electron chi connectivity index (χ3n) is 12.4. The SMILES string of the molecule is CC/C=C\C/C=C\C/C=C\C/C=C\CCCCCCCCC(=O)OCC(COC(=O)CCCCCCC/C=C\CCCCCC)OC(=O)CCCCCCCCC/C=C\CCCCCCCCC. The van der Waals surface area contributed by atoms with Gasteiger partial charge in [0.1, 0.15) is 13.2 Å². The monoisotopic (exact) mass is 949 g/mol. The number of rotatable bonds is 52. The van der Waals surface area contributed by atoms with Crippen LogP contribution in [-0.2, 0) is 28.6 Å². The molecule has 0 aromatic carbocycles. The highest BCUT2D eigenvalue weighted by Gasteiger charge is 2.19. The summed E-state index contributed by atoms with van der Waals surface area (Å²) in [6.45, 7) is 6.51. The molecule has 0 radical (unpaired) electrons. The lowest BCUT2D eigenvalue weighted by molar-refractivity contribution is -0.167. The quantitative estimate of drug-likeness (QED) is 0.0262. The number of carbonyl (C=O) groups is 3. The molecule has 6 nitrogen and oxygen atoms in total. The summed E-state index contributed by atoms with van der Waals surface area (Å²) >= 11 is 0. The predicted molar refractivity (Wildman–Crippen MR) is 293 cm³/mol. The number of hydrogen-bond acceptors (Lipinski definition) is 6. The van der Waals surface area contributed by atoms with E-state index < -0.39 is 6.10 Å². The first-order valence-electron chi connectivity index (χ1n) is 28.9. The van der Waals surface area contributed by atoms with E-state index in [1.807, 2.05) is 0 Å². The first kappa shape index (κ1) is 64.8. The van der Waals surface area contributed by atoms with Crippen LogP contribution >= 0.6 is 0 Å². The Kier molecular flexibility index (Phi) is 53.8. The van der Waals surface area contributed by atoms with Crippen LogP contribution in [0.25, 0.3) is 0 Å². The fraction of sp³-hybridized carbons (Fsp3) is 0.758. The summed E-state index contributed by atoms with van der Waals surface area (Å²) in [4.78, 5) is 38.2. The molecule has 6 heteroatoms. The average Bonchev–Trinajstić information content (AvgIpc) is 3.34. The smallest absolute Gasteiger partial charge is 0.306 e. The van der Waals surface area contributed by atoms with Gasteiger partial charge in [0, 0.05) is 19.3 Å². The molecule has 0 fully saturated rings. The second-order valence-electron chi connectivity index (χ2n) is 19.2. The van der Waals surface area contributed by atoms with E-state index >= 15 is 0 Å². The largest absolute Gasteiger partial charge is 0.462 e. The third-order valence-corrected chi connectivity index (χ3v) is 12.4. The van der Waals surface area contributed by atoms with Crippen LogP contribution < -0.4 is 0 Å². The molecule has 0 amide bonds. The molecule has 68 heavy (non-hydrogen) atoms. The lowest BCUT2D eigenvalue weighted by Crippen LogP contribution is -2.30. The summed E-state index contributed by atoms with van der Waals surface area (Å²) in [6.07, 6.45) is 71.7. The van der Waals surface area contributed by atoms with E-state index in [-0.39, 0.29) is 31.1 Å². The minimum Gasteiger partial charge on any atom is -0.462 e. The molecule has 1 atom stereocenters. The van der Waals surface area contributed by atoms with Crippen LogP contribution in [0.3, 0.4) is 0 Å². The Labute approximate surface area is 421 Å². The normalized spacial score (nSPS) is 12.6. The standard InChI is InChI=1S/C62H108O6/c1-4-7-10-13-16-19-22-25-27-29-31-33-34-37-40-43-46-49-52-55-61(64)67-58-59(57-66-60(63)54-51-48-45-42-39-36-24-21-18-15-12-9-6-3)68-62(65)56-53-50-47-44-41-38-35-32-30-28-26-23-20-17-14-11-8-5-2/h7,10,16,19,21,24-25,27-28,30-31,33,59H,4-6,8-9,11-15,17-18,20,22-23,26,29,32,34-58H2,1-3H3/b10-7-,19-16-,24-21-,27-25-,30-28-,33-31-. The van der Waals surface area contributed by atoms with Crippen LogP contribution in [0.4, 0.5) is 0 Å². The minimum absolute atomic E-state index is 0.0855. The highest BCUT2D eigenvalue weighted by atomic mass is 16.6. The van der Waals surface area contributed by atoms with Crippen molar-refractivity contribution in [3.63, 3.8) is 0 Å². The van der Waals surface area contributed by atoms with Gasteiger partial charge < -0.3 is 14.2 Å². The van der Waals surface area contributed by atoms with Crippen LogP contribution in [-0.4, -0.2) is 37.2 Å². The number of esters is 3. The van der Waals surface area contributed by atoms with Crippen molar-refractivity contribution in [1.82, 2.24) is 0 Å². The van der Waals surface area contributed by atoms with Crippen LogP contribution in [0.1, 0.15) is 284 Å². The number of carbonyl (C=O) groups excluding carboxylic acids is 3. The van der Waals surface area contributed by atoms with Gasteiger partial charge in [0.05, 0.1) is 0 Å². The molecular weight excluding hydrogens is 841 g/mol. The maximum absolute atomic E-state index is 12.9. The van der Waals surface area contributed by atoms with Crippen LogP contribution in [0.2, 0.25) is 0 Å². The highest BCUT2D eigenvalue weighted by molar-refractivity contribution is 5.71. The van der Waals surface area contributed by atoms with Crippen molar-refractivity contribution < 1.29 is 28.6 Å². The molecule has 0 spiro atoms. The van der Waals surface area contributed by atoms with Gasteiger partial charge in [-0.05, 0) is 109 Å². The molecule has 0 aliphatic carbocycles. The Hall–Kier alpha value is -3.15. The molecule has 0 aromatic rings. The molecule has 1 unspecified atom stereocenters. The van der Waals surface area contributed by atoms with Crippen LogP contribution in [0, 0.1) is 0 Å². The summed E-state index contributed by atoms with van der Waals surface area (Å²) in [5.41, 5.74) is 0. The Morgan fingerprint density at radius 2 is 0.574 bits per heavy atom. The Morgan fingerprint density at radius 1 is 0.309 bits per heavy atom. The van der Waals surface area contributed by atoms with Crippen LogP contribution in [0.5, 0.6) is 0 Å². The van der Waals surface area contributed by atoms with Crippen molar-refractivity contribution in [2.75, 3.05) is 13.2 Å². The fourth-order valence-electron chi connectivity index (χ4n) is 8.07. The molecule has 0 saturated carbocycles. The summed E-state index contributed by atoms with van der Waals surface area (Å²) in [7, 11) is 0. The Bertz CT molecular complexity index is 1270. The first-order chi connectivity index (χ1) is 33.5. The lowest BCUT2D eigenvalue weighted by Gasteiger charge is -2.18. The minimum atomic E-state index is -0.787. The van der Waals surface area contributed by atoms with E-state index in [4.69, 9.17) is 14.2 Å². The van der Waals surface area contributed by atoms with Crippen molar-refractivity contribution in [2.45, 2.75) is 290 Å². The molecule has 0 N–H and O–H groups in total. The van der Waals surface area contributed by atoms with Gasteiger partial charge >= 0.3 is 17.9 Å². The molecule has 0 saturated heterocycles. The molecule has 392 valence electrons. The lowest BCUT2D eigenvalue weighted by atomic mass is 10.1. The number of unbranched alkanes of at least 4 members (excludes halogenated alkanes) is 29. The molecule has 0 aliphatic rings. The summed E-state index contributed by atoms with van der Waals surface area (Å²) < 4.78 is 16.9. The van der Waals surface area contributed by atoms with Gasteiger partial charge in [0.2, 0.25) is 0 Å². The van der Waals surface area contributed by atoms with Crippen molar-refractivity contribution in [1.29, 1.82) is 0 Å². The van der Waals surface area contributed by atoms with Gasteiger partial charge in [0.25, 0.3) is 0 Å². The molecule has 0 bridgehead atoms. The van der Waals surface area contributed by atoms with Gasteiger partial charge in [-0.3, -0.25) is 14.4 Å². The molecule has 0 heterocycles. The first-order valence-corrected chi connectivity index (χ1v) is 28.9. The van der Waals surface area contributed by atoms with E-state index in [0.717, 1.165) is 96.3 Å². The molecular formula is C62H108O6. The summed E-state index contributed by atoms with van der Waals surface area (Å²) in [6, 6.07) is 0. The Balaban J connectivity index is 4.40. The molecule has 0 aromatic heterocycles. The summed E-state index contributed by atoms with van der Waals surface area (Å²) in [5, 5.41) is 0. The van der Waals surface area contributed by atoms with Crippen molar-refractivity contribution >= 4 is 17.9 Å². The van der Waals surface area contributed by atoms with Crippen molar-refractivity contribution in [3.8, 4) is 0 Å². The second-order valence-corrected chi connectivity index (χ2v) is 19.2. The van der Waals surface area contributed by atoms with E-state index in [9.17, 15) is 14.4 Å². The van der Waals surface area contributed by atoms with Crippen molar-refractivity contribution in [3.05, 3.63) is 72.9 Å². The number of allylic oxidation sites excluding steroid dienone is 12. The van der Waals surface area contributed by atoms with E-state index in [0.29, 0.717) is 19.3 Å². The van der Waals surface area contributed by atoms with Crippen LogP contribution in [0.15, 0.2) is 72.9 Å². The van der Waals surface area contributed by atoms with Crippen molar-refractivity contribution in [2.24, 2.45) is 0 Å². The van der Waals surface area contributed by atoms with Gasteiger partial charge in [-0.25, -0.2) is 0 Å².